The quantitative estimate of drug-likeness (QED) is 0.849. The molecule has 0 fully saturated rings. The molecule has 1 aromatic carbocycles. The number of anilines is 1. The fraction of sp³-hybridized carbons (Fsp3) is 0.200. The molecule has 0 bridgehead atoms. The summed E-state index contributed by atoms with van der Waals surface area (Å²) in [6.45, 7) is 3.57. The summed E-state index contributed by atoms with van der Waals surface area (Å²) < 4.78 is 10.7. The first kappa shape index (κ1) is 15.3. The third kappa shape index (κ3) is 4.19. The fourth-order valence-electron chi connectivity index (χ4n) is 1.60. The summed E-state index contributed by atoms with van der Waals surface area (Å²) in [7, 11) is 0. The van der Waals surface area contributed by atoms with Crippen LogP contribution in [0.2, 0.25) is 0 Å². The maximum Gasteiger partial charge on any atom is 0.338 e. The van der Waals surface area contributed by atoms with Crippen molar-refractivity contribution in [2.24, 2.45) is 0 Å². The fourth-order valence-corrected chi connectivity index (χ4v) is 1.91. The summed E-state index contributed by atoms with van der Waals surface area (Å²) in [4.78, 5) is 23.6. The number of ether oxygens (including phenoxy) is 1. The van der Waals surface area contributed by atoms with Gasteiger partial charge in [0.05, 0.1) is 11.7 Å². The van der Waals surface area contributed by atoms with E-state index in [1.54, 1.807) is 50.2 Å². The Hall–Kier alpha value is -2.08. The van der Waals surface area contributed by atoms with Crippen LogP contribution in [0.3, 0.4) is 0 Å². The van der Waals surface area contributed by atoms with E-state index in [-0.39, 0.29) is 17.8 Å². The predicted octanol–water partition coefficient (Wildman–Crippen LogP) is 3.86. The standard InChI is InChI=1S/C15H14BrNO4/c1-9(2)20-15(19)10-3-5-11(6-4-10)17-14(18)12-7-8-13(16)21-12/h3-9H,1-2H3,(H,17,18). The van der Waals surface area contributed by atoms with E-state index in [9.17, 15) is 9.59 Å². The molecule has 0 aliphatic heterocycles. The Bertz CT molecular complexity index is 646. The van der Waals surface area contributed by atoms with Crippen molar-refractivity contribution in [3.8, 4) is 0 Å². The summed E-state index contributed by atoms with van der Waals surface area (Å²) >= 11 is 3.13. The second kappa shape index (κ2) is 6.58. The number of benzene rings is 1. The molecule has 1 N–H and O–H groups in total. The molecular weight excluding hydrogens is 338 g/mol. The van der Waals surface area contributed by atoms with Crippen LogP contribution in [0.4, 0.5) is 5.69 Å². The Morgan fingerprint density at radius 3 is 2.33 bits per heavy atom. The molecule has 1 heterocycles. The summed E-state index contributed by atoms with van der Waals surface area (Å²) in [5.74, 6) is -0.554. The van der Waals surface area contributed by atoms with Gasteiger partial charge in [-0.2, -0.15) is 0 Å². The third-order valence-electron chi connectivity index (χ3n) is 2.52. The van der Waals surface area contributed by atoms with E-state index in [4.69, 9.17) is 9.15 Å². The van der Waals surface area contributed by atoms with Gasteiger partial charge in [0.1, 0.15) is 0 Å². The maximum absolute atomic E-state index is 11.9. The van der Waals surface area contributed by atoms with E-state index in [0.29, 0.717) is 15.9 Å². The van der Waals surface area contributed by atoms with Gasteiger partial charge in [-0.15, -0.1) is 0 Å². The molecule has 0 saturated carbocycles. The number of carbonyl (C=O) groups is 2. The average Bonchev–Trinajstić information content (AvgIpc) is 2.85. The number of carbonyl (C=O) groups excluding carboxylic acids is 2. The Labute approximate surface area is 130 Å². The molecule has 6 heteroatoms. The van der Waals surface area contributed by atoms with Crippen molar-refractivity contribution in [1.29, 1.82) is 0 Å². The van der Waals surface area contributed by atoms with Crippen molar-refractivity contribution in [2.45, 2.75) is 20.0 Å². The van der Waals surface area contributed by atoms with Crippen LogP contribution in [0.5, 0.6) is 0 Å². The van der Waals surface area contributed by atoms with Crippen molar-refractivity contribution in [3.63, 3.8) is 0 Å². The number of halogens is 1. The van der Waals surface area contributed by atoms with Gasteiger partial charge in [-0.25, -0.2) is 4.79 Å². The maximum atomic E-state index is 11.9. The molecule has 21 heavy (non-hydrogen) atoms. The summed E-state index contributed by atoms with van der Waals surface area (Å²) in [6, 6.07) is 9.66. The summed E-state index contributed by atoms with van der Waals surface area (Å²) in [6.07, 6.45) is -0.172. The van der Waals surface area contributed by atoms with Crippen LogP contribution < -0.4 is 5.32 Å². The number of esters is 1. The van der Waals surface area contributed by atoms with Crippen LogP contribution in [-0.4, -0.2) is 18.0 Å². The van der Waals surface area contributed by atoms with Crippen LogP contribution in [0, 0.1) is 0 Å². The number of rotatable bonds is 4. The molecule has 0 unspecified atom stereocenters. The van der Waals surface area contributed by atoms with E-state index in [0.717, 1.165) is 0 Å². The first-order valence-corrected chi connectivity index (χ1v) is 7.13. The number of amides is 1. The highest BCUT2D eigenvalue weighted by molar-refractivity contribution is 9.10. The van der Waals surface area contributed by atoms with Gasteiger partial charge in [0.2, 0.25) is 0 Å². The van der Waals surface area contributed by atoms with Crippen LogP contribution in [0.25, 0.3) is 0 Å². The van der Waals surface area contributed by atoms with E-state index in [1.165, 1.54) is 0 Å². The largest absolute Gasteiger partial charge is 0.459 e. The van der Waals surface area contributed by atoms with Gasteiger partial charge in [-0.05, 0) is 66.2 Å². The molecule has 0 saturated heterocycles. The van der Waals surface area contributed by atoms with Gasteiger partial charge in [0, 0.05) is 5.69 Å². The molecular formula is C15H14BrNO4. The van der Waals surface area contributed by atoms with Crippen molar-refractivity contribution in [2.75, 3.05) is 5.32 Å². The first-order valence-electron chi connectivity index (χ1n) is 6.33. The minimum absolute atomic E-state index is 0.172. The van der Waals surface area contributed by atoms with Gasteiger partial charge in [-0.3, -0.25) is 4.79 Å². The van der Waals surface area contributed by atoms with E-state index in [2.05, 4.69) is 21.2 Å². The van der Waals surface area contributed by atoms with Gasteiger partial charge in [-0.1, -0.05) is 0 Å². The minimum Gasteiger partial charge on any atom is -0.459 e. The molecule has 2 rings (SSSR count). The lowest BCUT2D eigenvalue weighted by atomic mass is 10.2. The zero-order chi connectivity index (χ0) is 15.4. The number of nitrogens with one attached hydrogen (secondary N) is 1. The molecule has 0 aliphatic rings. The van der Waals surface area contributed by atoms with Crippen LogP contribution in [0.1, 0.15) is 34.8 Å². The smallest absolute Gasteiger partial charge is 0.338 e. The minimum atomic E-state index is -0.391. The van der Waals surface area contributed by atoms with Crippen molar-refractivity contribution < 1.29 is 18.7 Å². The molecule has 0 aliphatic carbocycles. The van der Waals surface area contributed by atoms with Gasteiger partial charge >= 0.3 is 5.97 Å². The number of furan rings is 1. The van der Waals surface area contributed by atoms with Crippen molar-refractivity contribution >= 4 is 33.5 Å². The molecule has 110 valence electrons. The monoisotopic (exact) mass is 351 g/mol. The molecule has 0 atom stereocenters. The van der Waals surface area contributed by atoms with Crippen LogP contribution >= 0.6 is 15.9 Å². The molecule has 1 aromatic heterocycles. The van der Waals surface area contributed by atoms with E-state index in [1.807, 2.05) is 0 Å². The van der Waals surface area contributed by atoms with Gasteiger partial charge in [0.15, 0.2) is 10.4 Å². The highest BCUT2D eigenvalue weighted by atomic mass is 79.9. The van der Waals surface area contributed by atoms with Gasteiger partial charge in [0.25, 0.3) is 5.91 Å². The zero-order valence-corrected chi connectivity index (χ0v) is 13.1. The predicted molar refractivity (Wildman–Crippen MR) is 81.4 cm³/mol. The van der Waals surface area contributed by atoms with E-state index < -0.39 is 5.97 Å². The zero-order valence-electron chi connectivity index (χ0n) is 11.6. The molecule has 0 spiro atoms. The Morgan fingerprint density at radius 1 is 1.14 bits per heavy atom. The van der Waals surface area contributed by atoms with Gasteiger partial charge < -0.3 is 14.5 Å². The lowest BCUT2D eigenvalue weighted by Gasteiger charge is -2.08. The normalized spacial score (nSPS) is 10.5. The second-order valence-corrected chi connectivity index (χ2v) is 5.37. The molecule has 0 radical (unpaired) electrons. The van der Waals surface area contributed by atoms with E-state index >= 15 is 0 Å². The number of hydrogen-bond donors (Lipinski definition) is 1. The second-order valence-electron chi connectivity index (χ2n) is 4.59. The number of hydrogen-bond acceptors (Lipinski definition) is 4. The summed E-state index contributed by atoms with van der Waals surface area (Å²) in [5, 5.41) is 2.67. The highest BCUT2D eigenvalue weighted by Crippen LogP contribution is 2.16. The van der Waals surface area contributed by atoms with Crippen LogP contribution in [-0.2, 0) is 4.74 Å². The molecule has 1 amide bonds. The topological polar surface area (TPSA) is 68.5 Å². The molecule has 5 nitrogen and oxygen atoms in total. The first-order chi connectivity index (χ1) is 9.95. The summed E-state index contributed by atoms with van der Waals surface area (Å²) in [5.41, 5.74) is 0.996. The lowest BCUT2D eigenvalue weighted by Crippen LogP contribution is -2.13. The SMILES string of the molecule is CC(C)OC(=O)c1ccc(NC(=O)c2ccc(Br)o2)cc1. The Balaban J connectivity index is 2.02. The molecule has 2 aromatic rings. The Morgan fingerprint density at radius 2 is 1.81 bits per heavy atom. The lowest BCUT2D eigenvalue weighted by molar-refractivity contribution is 0.0378. The van der Waals surface area contributed by atoms with Crippen molar-refractivity contribution in [3.05, 3.63) is 52.4 Å². The average molecular weight is 352 g/mol. The van der Waals surface area contributed by atoms with Crippen molar-refractivity contribution in [1.82, 2.24) is 0 Å². The Kier molecular flexibility index (Phi) is 4.80. The third-order valence-corrected chi connectivity index (χ3v) is 2.94. The highest BCUT2D eigenvalue weighted by Gasteiger charge is 2.12. The van der Waals surface area contributed by atoms with Crippen LogP contribution in [0.15, 0.2) is 45.5 Å².